The number of aromatic nitrogens is 3. The minimum absolute atomic E-state index is 0.872. The first-order chi connectivity index (χ1) is 22.3. The van der Waals surface area contributed by atoms with Crippen LogP contribution in [0.2, 0.25) is 0 Å². The Labute approximate surface area is 259 Å². The highest BCUT2D eigenvalue weighted by Gasteiger charge is 2.30. The third-order valence-corrected chi connectivity index (χ3v) is 9.21. The van der Waals surface area contributed by atoms with Crippen molar-refractivity contribution in [3.05, 3.63) is 158 Å². The van der Waals surface area contributed by atoms with Gasteiger partial charge < -0.3 is 4.57 Å². The number of rotatable bonds is 2. The number of anilines is 3. The summed E-state index contributed by atoms with van der Waals surface area (Å²) < 4.78 is 4.70. The molecule has 1 aliphatic heterocycles. The summed E-state index contributed by atoms with van der Waals surface area (Å²) in [6.07, 6.45) is 0. The normalized spacial score (nSPS) is 12.4. The summed E-state index contributed by atoms with van der Waals surface area (Å²) in [4.78, 5) is 7.67. The molecule has 0 saturated heterocycles. The van der Waals surface area contributed by atoms with Gasteiger partial charge in [0, 0.05) is 27.6 Å². The van der Waals surface area contributed by atoms with Crippen molar-refractivity contribution in [3.8, 4) is 22.5 Å². The maximum atomic E-state index is 5.32. The fraction of sp³-hybridized carbons (Fsp3) is 0. The minimum atomic E-state index is 0.872. The van der Waals surface area contributed by atoms with Crippen LogP contribution in [-0.2, 0) is 0 Å². The molecule has 2 aromatic heterocycles. The van der Waals surface area contributed by atoms with Crippen LogP contribution >= 0.6 is 0 Å². The number of nitrogens with zero attached hydrogens (tertiary/aromatic N) is 4. The predicted octanol–water partition coefficient (Wildman–Crippen LogP) is 10.7. The first-order valence-electron chi connectivity index (χ1n) is 15.3. The SMILES string of the molecule is c1cc(N2c3cc4ccccc4cc3-c3ccccc3-n3c2nc2ccccc23)cc(-n2c3ccccc3c3ccccc32)c1. The number of benzene rings is 7. The first-order valence-corrected chi connectivity index (χ1v) is 15.3. The fourth-order valence-electron chi connectivity index (χ4n) is 7.26. The van der Waals surface area contributed by atoms with E-state index in [1.807, 2.05) is 0 Å². The maximum Gasteiger partial charge on any atom is 0.220 e. The molecule has 0 amide bonds. The number of imidazole rings is 1. The number of hydrogen-bond donors (Lipinski definition) is 0. The van der Waals surface area contributed by atoms with Gasteiger partial charge in [0.05, 0.1) is 39.1 Å². The van der Waals surface area contributed by atoms with E-state index in [0.717, 1.165) is 39.7 Å². The van der Waals surface area contributed by atoms with E-state index in [1.165, 1.54) is 43.7 Å². The molecule has 0 saturated carbocycles. The Kier molecular flexibility index (Phi) is 4.96. The van der Waals surface area contributed by atoms with Gasteiger partial charge in [-0.2, -0.15) is 0 Å². The van der Waals surface area contributed by atoms with Crippen molar-refractivity contribution in [1.82, 2.24) is 14.1 Å². The van der Waals surface area contributed by atoms with Crippen molar-refractivity contribution >= 4 is 60.9 Å². The second kappa shape index (κ2) is 9.18. The van der Waals surface area contributed by atoms with E-state index in [-0.39, 0.29) is 0 Å². The third-order valence-electron chi connectivity index (χ3n) is 9.21. The van der Waals surface area contributed by atoms with Gasteiger partial charge in [0.1, 0.15) is 0 Å². The Hall–Kier alpha value is -6.13. The molecule has 0 N–H and O–H groups in total. The molecular formula is C41H26N4. The standard InChI is InChI=1S/C41H26N4/c1-2-13-28-25-40-34(24-27(28)12-1)33-18-5-9-22-38(33)45-39-23-10-6-19-35(39)42-41(45)44(40)30-15-11-14-29(26-30)43-36-20-7-3-16-31(36)32-17-4-8-21-37(32)43/h1-26H. The van der Waals surface area contributed by atoms with Crippen LogP contribution in [0.5, 0.6) is 0 Å². The van der Waals surface area contributed by atoms with E-state index in [9.17, 15) is 0 Å². The molecule has 3 heterocycles. The van der Waals surface area contributed by atoms with Gasteiger partial charge in [-0.3, -0.25) is 9.47 Å². The molecule has 7 aromatic carbocycles. The molecule has 0 bridgehead atoms. The summed E-state index contributed by atoms with van der Waals surface area (Å²) in [6.45, 7) is 0. The van der Waals surface area contributed by atoms with E-state index in [2.05, 4.69) is 172 Å². The van der Waals surface area contributed by atoms with Gasteiger partial charge in [-0.1, -0.05) is 97.1 Å². The van der Waals surface area contributed by atoms with Crippen LogP contribution in [0.4, 0.5) is 17.3 Å². The van der Waals surface area contributed by atoms with E-state index >= 15 is 0 Å². The number of hydrogen-bond acceptors (Lipinski definition) is 2. The van der Waals surface area contributed by atoms with Crippen molar-refractivity contribution in [2.45, 2.75) is 0 Å². The van der Waals surface area contributed by atoms with E-state index in [4.69, 9.17) is 4.98 Å². The number of fused-ring (bicyclic) bond motifs is 11. The van der Waals surface area contributed by atoms with E-state index in [1.54, 1.807) is 0 Å². The Morgan fingerprint density at radius 2 is 1.02 bits per heavy atom. The highest BCUT2D eigenvalue weighted by molar-refractivity contribution is 6.09. The lowest BCUT2D eigenvalue weighted by Gasteiger charge is -2.25. The van der Waals surface area contributed by atoms with Gasteiger partial charge in [0.2, 0.25) is 5.95 Å². The summed E-state index contributed by atoms with van der Waals surface area (Å²) in [7, 11) is 0. The lowest BCUT2D eigenvalue weighted by Crippen LogP contribution is -2.14. The predicted molar refractivity (Wildman–Crippen MR) is 187 cm³/mol. The van der Waals surface area contributed by atoms with Crippen LogP contribution in [0, 0.1) is 0 Å². The average Bonchev–Trinajstić information content (AvgIpc) is 3.61. The van der Waals surface area contributed by atoms with Gasteiger partial charge in [0.25, 0.3) is 0 Å². The second-order valence-electron chi connectivity index (χ2n) is 11.7. The Balaban J connectivity index is 1.31. The van der Waals surface area contributed by atoms with E-state index < -0.39 is 0 Å². The topological polar surface area (TPSA) is 26.0 Å². The molecule has 0 fully saturated rings. The third kappa shape index (κ3) is 3.45. The molecular weight excluding hydrogens is 548 g/mol. The average molecular weight is 575 g/mol. The lowest BCUT2D eigenvalue weighted by atomic mass is 9.97. The summed E-state index contributed by atoms with van der Waals surface area (Å²) in [5.74, 6) is 0.872. The van der Waals surface area contributed by atoms with Crippen molar-refractivity contribution in [3.63, 3.8) is 0 Å². The maximum absolute atomic E-state index is 5.32. The molecule has 10 rings (SSSR count). The van der Waals surface area contributed by atoms with Gasteiger partial charge in [0.15, 0.2) is 0 Å². The fourth-order valence-corrected chi connectivity index (χ4v) is 7.26. The van der Waals surface area contributed by atoms with Crippen molar-refractivity contribution in [2.24, 2.45) is 0 Å². The lowest BCUT2D eigenvalue weighted by molar-refractivity contribution is 1.05. The Bertz CT molecular complexity index is 2570. The second-order valence-corrected chi connectivity index (χ2v) is 11.7. The summed E-state index contributed by atoms with van der Waals surface area (Å²) in [5.41, 5.74) is 11.2. The zero-order valence-electron chi connectivity index (χ0n) is 24.3. The van der Waals surface area contributed by atoms with Crippen molar-refractivity contribution in [2.75, 3.05) is 4.90 Å². The largest absolute Gasteiger partial charge is 0.309 e. The zero-order valence-corrected chi connectivity index (χ0v) is 24.3. The van der Waals surface area contributed by atoms with Gasteiger partial charge >= 0.3 is 0 Å². The zero-order chi connectivity index (χ0) is 29.5. The van der Waals surface area contributed by atoms with Crippen LogP contribution in [0.3, 0.4) is 0 Å². The molecule has 9 aromatic rings. The Morgan fingerprint density at radius 3 is 1.82 bits per heavy atom. The molecule has 0 unspecified atom stereocenters. The highest BCUT2D eigenvalue weighted by Crippen LogP contribution is 2.49. The van der Waals surface area contributed by atoms with Crippen LogP contribution in [0.1, 0.15) is 0 Å². The van der Waals surface area contributed by atoms with Crippen LogP contribution in [0.25, 0.3) is 66.1 Å². The first kappa shape index (κ1) is 24.3. The smallest absolute Gasteiger partial charge is 0.220 e. The molecule has 1 aliphatic rings. The van der Waals surface area contributed by atoms with Crippen LogP contribution < -0.4 is 4.90 Å². The van der Waals surface area contributed by atoms with Crippen molar-refractivity contribution in [1.29, 1.82) is 0 Å². The van der Waals surface area contributed by atoms with Gasteiger partial charge in [-0.05, 0) is 71.4 Å². The summed E-state index contributed by atoms with van der Waals surface area (Å²) >= 11 is 0. The molecule has 4 heteroatoms. The quantitative estimate of drug-likeness (QED) is 0.205. The van der Waals surface area contributed by atoms with Crippen LogP contribution in [-0.4, -0.2) is 14.1 Å². The van der Waals surface area contributed by atoms with Gasteiger partial charge in [-0.25, -0.2) is 4.98 Å². The molecule has 0 spiro atoms. The minimum Gasteiger partial charge on any atom is -0.309 e. The summed E-state index contributed by atoms with van der Waals surface area (Å²) in [5, 5.41) is 4.92. The molecule has 210 valence electrons. The molecule has 45 heavy (non-hydrogen) atoms. The van der Waals surface area contributed by atoms with Crippen LogP contribution in [0.15, 0.2) is 158 Å². The molecule has 0 radical (unpaired) electrons. The van der Waals surface area contributed by atoms with Crippen molar-refractivity contribution < 1.29 is 0 Å². The molecule has 4 nitrogen and oxygen atoms in total. The molecule has 0 aliphatic carbocycles. The molecule has 0 atom stereocenters. The number of para-hydroxylation sites is 5. The van der Waals surface area contributed by atoms with Gasteiger partial charge in [-0.15, -0.1) is 0 Å². The van der Waals surface area contributed by atoms with E-state index in [0.29, 0.717) is 0 Å². The monoisotopic (exact) mass is 574 g/mol. The summed E-state index contributed by atoms with van der Waals surface area (Å²) in [6, 6.07) is 56.6. The highest BCUT2D eigenvalue weighted by atomic mass is 15.3. The Morgan fingerprint density at radius 1 is 0.400 bits per heavy atom.